The molecule has 0 fully saturated rings. The fraction of sp³-hybridized carbons (Fsp3) is 0.222. The SMILES string of the molecule is COC(=O)c1ccc(COP(O)O)cc1. The van der Waals surface area contributed by atoms with Crippen LogP contribution in [0.5, 0.6) is 0 Å². The van der Waals surface area contributed by atoms with Crippen molar-refractivity contribution in [3.63, 3.8) is 0 Å². The van der Waals surface area contributed by atoms with E-state index in [1.54, 1.807) is 24.3 Å². The lowest BCUT2D eigenvalue weighted by atomic mass is 10.1. The van der Waals surface area contributed by atoms with Gasteiger partial charge in [0.1, 0.15) is 0 Å². The van der Waals surface area contributed by atoms with E-state index in [0.717, 1.165) is 5.56 Å². The van der Waals surface area contributed by atoms with E-state index in [9.17, 15) is 4.79 Å². The fourth-order valence-corrected chi connectivity index (χ4v) is 1.25. The minimum atomic E-state index is -2.34. The van der Waals surface area contributed by atoms with Crippen LogP contribution in [0.1, 0.15) is 15.9 Å². The Hall–Kier alpha value is -1.00. The number of carbonyl (C=O) groups is 1. The standard InChI is InChI=1S/C9H11O5P/c1-13-9(10)8-4-2-7(3-5-8)6-14-15(11)12/h2-5,11-12H,6H2,1H3. The summed E-state index contributed by atoms with van der Waals surface area (Å²) in [5, 5.41) is 0. The molecule has 5 nitrogen and oxygen atoms in total. The predicted molar refractivity (Wildman–Crippen MR) is 53.9 cm³/mol. The van der Waals surface area contributed by atoms with Gasteiger partial charge in [0.2, 0.25) is 0 Å². The first-order chi connectivity index (χ1) is 7.13. The van der Waals surface area contributed by atoms with Crippen LogP contribution >= 0.6 is 8.60 Å². The normalized spacial score (nSPS) is 10.4. The van der Waals surface area contributed by atoms with Crippen LogP contribution in [0.4, 0.5) is 0 Å². The molecule has 82 valence electrons. The number of hydrogen-bond acceptors (Lipinski definition) is 5. The second-order valence-electron chi connectivity index (χ2n) is 2.71. The number of esters is 1. The lowest BCUT2D eigenvalue weighted by molar-refractivity contribution is 0.0600. The third-order valence-electron chi connectivity index (χ3n) is 1.72. The van der Waals surface area contributed by atoms with Crippen molar-refractivity contribution in [1.82, 2.24) is 0 Å². The van der Waals surface area contributed by atoms with Crippen LogP contribution in [0.2, 0.25) is 0 Å². The van der Waals surface area contributed by atoms with E-state index in [4.69, 9.17) is 9.79 Å². The zero-order valence-corrected chi connectivity index (χ0v) is 8.98. The van der Waals surface area contributed by atoms with Gasteiger partial charge in [-0.05, 0) is 17.7 Å². The Bertz CT molecular complexity index is 322. The molecule has 0 amide bonds. The summed E-state index contributed by atoms with van der Waals surface area (Å²) in [7, 11) is -1.03. The van der Waals surface area contributed by atoms with E-state index < -0.39 is 14.6 Å². The quantitative estimate of drug-likeness (QED) is 0.600. The van der Waals surface area contributed by atoms with Gasteiger partial charge in [-0.25, -0.2) is 4.79 Å². The molecule has 2 N–H and O–H groups in total. The van der Waals surface area contributed by atoms with Crippen molar-refractivity contribution in [3.05, 3.63) is 35.4 Å². The molecule has 0 aliphatic carbocycles. The van der Waals surface area contributed by atoms with Crippen molar-refractivity contribution >= 4 is 14.6 Å². The van der Waals surface area contributed by atoms with Gasteiger partial charge in [0.25, 0.3) is 0 Å². The van der Waals surface area contributed by atoms with Crippen LogP contribution in [-0.2, 0) is 15.9 Å². The van der Waals surface area contributed by atoms with Crippen LogP contribution in [0.3, 0.4) is 0 Å². The van der Waals surface area contributed by atoms with Gasteiger partial charge in [-0.1, -0.05) is 12.1 Å². The molecule has 1 aromatic carbocycles. The highest BCUT2D eigenvalue weighted by Gasteiger charge is 2.05. The first-order valence-corrected chi connectivity index (χ1v) is 5.28. The molecule has 0 aliphatic rings. The summed E-state index contributed by atoms with van der Waals surface area (Å²) in [5.74, 6) is -0.408. The van der Waals surface area contributed by atoms with E-state index >= 15 is 0 Å². The lowest BCUT2D eigenvalue weighted by Gasteiger charge is -2.04. The zero-order valence-electron chi connectivity index (χ0n) is 8.08. The monoisotopic (exact) mass is 230 g/mol. The van der Waals surface area contributed by atoms with Crippen LogP contribution < -0.4 is 0 Å². The van der Waals surface area contributed by atoms with Gasteiger partial charge in [0.05, 0.1) is 19.3 Å². The maximum atomic E-state index is 11.1. The van der Waals surface area contributed by atoms with E-state index in [1.807, 2.05) is 0 Å². The molecular weight excluding hydrogens is 219 g/mol. The second-order valence-corrected chi connectivity index (χ2v) is 3.48. The van der Waals surface area contributed by atoms with Gasteiger partial charge in [-0.3, -0.25) is 0 Å². The maximum absolute atomic E-state index is 11.1. The molecule has 15 heavy (non-hydrogen) atoms. The average Bonchev–Trinajstić information content (AvgIpc) is 2.26. The van der Waals surface area contributed by atoms with Gasteiger partial charge in [0.15, 0.2) is 0 Å². The highest BCUT2D eigenvalue weighted by atomic mass is 31.2. The highest BCUT2D eigenvalue weighted by Crippen LogP contribution is 2.26. The molecule has 6 heteroatoms. The largest absolute Gasteiger partial charge is 0.465 e. The van der Waals surface area contributed by atoms with Crippen molar-refractivity contribution in [1.29, 1.82) is 0 Å². The van der Waals surface area contributed by atoms with Gasteiger partial charge in [-0.2, -0.15) is 0 Å². The van der Waals surface area contributed by atoms with Crippen molar-refractivity contribution in [2.24, 2.45) is 0 Å². The minimum absolute atomic E-state index is 0.0974. The van der Waals surface area contributed by atoms with Crippen molar-refractivity contribution < 1.29 is 23.8 Å². The molecule has 1 rings (SSSR count). The molecule has 0 saturated carbocycles. The molecule has 0 unspecified atom stereocenters. The predicted octanol–water partition coefficient (Wildman–Crippen LogP) is 1.20. The average molecular weight is 230 g/mol. The lowest BCUT2D eigenvalue weighted by Crippen LogP contribution is -2.00. The van der Waals surface area contributed by atoms with Crippen LogP contribution in [0.15, 0.2) is 24.3 Å². The summed E-state index contributed by atoms with van der Waals surface area (Å²) >= 11 is 0. The van der Waals surface area contributed by atoms with E-state index in [2.05, 4.69) is 9.26 Å². The van der Waals surface area contributed by atoms with Gasteiger partial charge in [-0.15, -0.1) is 0 Å². The summed E-state index contributed by atoms with van der Waals surface area (Å²) in [6.45, 7) is 0.0974. The number of hydrogen-bond donors (Lipinski definition) is 2. The third kappa shape index (κ3) is 3.93. The summed E-state index contributed by atoms with van der Waals surface area (Å²) in [6, 6.07) is 6.49. The number of methoxy groups -OCH3 is 1. The molecule has 0 aliphatic heterocycles. The molecule has 0 bridgehead atoms. The number of rotatable bonds is 4. The number of carbonyl (C=O) groups excluding carboxylic acids is 1. The Balaban J connectivity index is 2.60. The van der Waals surface area contributed by atoms with Crippen LogP contribution in [0.25, 0.3) is 0 Å². The van der Waals surface area contributed by atoms with Gasteiger partial charge >= 0.3 is 14.6 Å². The summed E-state index contributed by atoms with van der Waals surface area (Å²) < 4.78 is 9.14. The molecular formula is C9H11O5P. The topological polar surface area (TPSA) is 76.0 Å². The summed E-state index contributed by atoms with van der Waals surface area (Å²) in [4.78, 5) is 28.1. The van der Waals surface area contributed by atoms with Crippen molar-refractivity contribution in [3.8, 4) is 0 Å². The molecule has 0 radical (unpaired) electrons. The fourth-order valence-electron chi connectivity index (χ4n) is 0.987. The van der Waals surface area contributed by atoms with Crippen LogP contribution in [-0.4, -0.2) is 22.9 Å². The highest BCUT2D eigenvalue weighted by molar-refractivity contribution is 7.39. The second kappa shape index (κ2) is 5.78. The summed E-state index contributed by atoms with van der Waals surface area (Å²) in [5.41, 5.74) is 1.19. The molecule has 0 aromatic heterocycles. The number of benzene rings is 1. The Kier molecular flexibility index (Phi) is 4.65. The molecule has 1 aromatic rings. The Morgan fingerprint density at radius 1 is 1.33 bits per heavy atom. The molecule has 0 saturated heterocycles. The van der Waals surface area contributed by atoms with Crippen LogP contribution in [0, 0.1) is 0 Å². The first-order valence-electron chi connectivity index (χ1n) is 4.11. The van der Waals surface area contributed by atoms with Crippen molar-refractivity contribution in [2.75, 3.05) is 7.11 Å². The Morgan fingerprint density at radius 3 is 2.40 bits per heavy atom. The van der Waals surface area contributed by atoms with E-state index in [-0.39, 0.29) is 6.61 Å². The minimum Gasteiger partial charge on any atom is -0.465 e. The van der Waals surface area contributed by atoms with Crippen molar-refractivity contribution in [2.45, 2.75) is 6.61 Å². The van der Waals surface area contributed by atoms with Gasteiger partial charge < -0.3 is 19.0 Å². The van der Waals surface area contributed by atoms with E-state index in [1.165, 1.54) is 7.11 Å². The third-order valence-corrected chi connectivity index (χ3v) is 2.08. The molecule has 0 atom stereocenters. The summed E-state index contributed by atoms with van der Waals surface area (Å²) in [6.07, 6.45) is 0. The maximum Gasteiger partial charge on any atom is 0.337 e. The number of ether oxygens (including phenoxy) is 1. The Labute approximate surface area is 88.3 Å². The smallest absolute Gasteiger partial charge is 0.337 e. The Morgan fingerprint density at radius 2 is 1.93 bits per heavy atom. The molecule has 0 heterocycles. The first kappa shape index (κ1) is 12.1. The van der Waals surface area contributed by atoms with E-state index in [0.29, 0.717) is 5.56 Å². The van der Waals surface area contributed by atoms with Gasteiger partial charge in [0, 0.05) is 0 Å². The molecule has 0 spiro atoms. The zero-order chi connectivity index (χ0) is 11.3.